The van der Waals surface area contributed by atoms with Crippen molar-refractivity contribution in [3.8, 4) is 22.6 Å². The Hall–Kier alpha value is -5.03. The van der Waals surface area contributed by atoms with Gasteiger partial charge in [0.2, 0.25) is 0 Å². The van der Waals surface area contributed by atoms with Gasteiger partial charge in [-0.05, 0) is 117 Å². The number of esters is 2. The van der Waals surface area contributed by atoms with Crippen LogP contribution in [-0.2, 0) is 14.3 Å². The second kappa shape index (κ2) is 21.2. The van der Waals surface area contributed by atoms with Crippen LogP contribution in [0.15, 0.2) is 78.4 Å². The molecule has 0 bridgehead atoms. The highest BCUT2D eigenvalue weighted by Crippen LogP contribution is 2.36. The summed E-state index contributed by atoms with van der Waals surface area (Å²) >= 11 is 1.50. The minimum atomic E-state index is -1.07. The Morgan fingerprint density at radius 1 is 0.927 bits per heavy atom. The summed E-state index contributed by atoms with van der Waals surface area (Å²) in [5.41, 5.74) is 6.33. The van der Waals surface area contributed by atoms with Gasteiger partial charge in [0.1, 0.15) is 22.2 Å². The van der Waals surface area contributed by atoms with Gasteiger partial charge in [0, 0.05) is 18.2 Å². The largest absolute Gasteiger partial charge is 0.494 e. The first kappa shape index (κ1) is 41.1. The highest BCUT2D eigenvalue weighted by Gasteiger charge is 2.28. The Bertz CT molecular complexity index is 1910. The monoisotopic (exact) mass is 767 g/mol. The summed E-state index contributed by atoms with van der Waals surface area (Å²) in [4.78, 5) is 42.4. The van der Waals surface area contributed by atoms with Crippen LogP contribution in [0, 0.1) is 11.8 Å². The number of aromatic carboxylic acids is 1. The normalized spacial score (nSPS) is 15.7. The third-order valence-electron chi connectivity index (χ3n) is 9.87. The number of rotatable bonds is 21. The first-order chi connectivity index (χ1) is 26.8. The molecule has 0 aliphatic heterocycles. The number of para-hydroxylation sites is 1. The minimum Gasteiger partial charge on any atom is -0.494 e. The molecule has 292 valence electrons. The van der Waals surface area contributed by atoms with Crippen LogP contribution in [0.1, 0.15) is 112 Å². The molecule has 1 heterocycles. The smallest absolute Gasteiger partial charge is 0.336 e. The summed E-state index contributed by atoms with van der Waals surface area (Å²) in [7, 11) is 0. The molecule has 0 radical (unpaired) electrons. The first-order valence-electron chi connectivity index (χ1n) is 19.6. The molecule has 0 spiro atoms. The van der Waals surface area contributed by atoms with Crippen LogP contribution in [0.3, 0.4) is 0 Å². The molecule has 55 heavy (non-hydrogen) atoms. The van der Waals surface area contributed by atoms with Crippen LogP contribution in [0.25, 0.3) is 21.3 Å². The highest BCUT2D eigenvalue weighted by molar-refractivity contribution is 7.20. The van der Waals surface area contributed by atoms with Gasteiger partial charge in [-0.3, -0.25) is 4.79 Å². The lowest BCUT2D eigenvalue weighted by Gasteiger charge is -2.25. The first-order valence-corrected chi connectivity index (χ1v) is 20.4. The summed E-state index contributed by atoms with van der Waals surface area (Å²) in [5, 5.41) is 15.8. The van der Waals surface area contributed by atoms with Gasteiger partial charge in [-0.2, -0.15) is 5.10 Å². The van der Waals surface area contributed by atoms with Crippen molar-refractivity contribution in [1.29, 1.82) is 0 Å². The van der Waals surface area contributed by atoms with Crippen LogP contribution in [0.2, 0.25) is 0 Å². The lowest BCUT2D eigenvalue weighted by molar-refractivity contribution is -0.140. The standard InChI is InChI=1S/C44H53N3O7S/c1-4-6-7-12-25-45-47-41(42-46-37-15-10-11-16-39(37)55-42)36-28-32(21-24-38(36)54-44(51)31-19-17-30(3)18-20-31)35-29-33(22-23-34(35)43(49)50)52-26-13-8-9-14-27-53-40(48)5-2/h5,10-11,15-16,21-24,28-31,45H,2,4,6-9,12-14,17-20,25-27H2,1,3H3,(H,49,50). The Morgan fingerprint density at radius 3 is 2.44 bits per heavy atom. The van der Waals surface area contributed by atoms with E-state index in [4.69, 9.17) is 24.3 Å². The van der Waals surface area contributed by atoms with E-state index in [0.717, 1.165) is 93.3 Å². The predicted molar refractivity (Wildman–Crippen MR) is 218 cm³/mol. The van der Waals surface area contributed by atoms with E-state index in [1.807, 2.05) is 30.3 Å². The van der Waals surface area contributed by atoms with Crippen molar-refractivity contribution in [2.75, 3.05) is 19.8 Å². The number of nitrogens with one attached hydrogen (secondary N) is 1. The molecular formula is C44H53N3O7S. The number of carboxylic acids is 1. The van der Waals surface area contributed by atoms with Crippen LogP contribution in [0.5, 0.6) is 11.5 Å². The van der Waals surface area contributed by atoms with E-state index in [-0.39, 0.29) is 17.5 Å². The van der Waals surface area contributed by atoms with Gasteiger partial charge in [-0.15, -0.1) is 11.3 Å². The lowest BCUT2D eigenvalue weighted by Crippen LogP contribution is -2.25. The van der Waals surface area contributed by atoms with Crippen molar-refractivity contribution >= 4 is 45.2 Å². The number of hydrogen-bond donors (Lipinski definition) is 2. The van der Waals surface area contributed by atoms with Gasteiger partial charge >= 0.3 is 17.9 Å². The van der Waals surface area contributed by atoms with Gasteiger partial charge < -0.3 is 24.7 Å². The number of benzene rings is 3. The Kier molecular flexibility index (Phi) is 15.8. The maximum Gasteiger partial charge on any atom is 0.336 e. The van der Waals surface area contributed by atoms with Crippen molar-refractivity contribution < 1.29 is 33.7 Å². The van der Waals surface area contributed by atoms with Gasteiger partial charge in [0.25, 0.3) is 0 Å². The molecule has 1 fully saturated rings. The summed E-state index contributed by atoms with van der Waals surface area (Å²) in [6.45, 7) is 9.25. The molecule has 0 amide bonds. The average molecular weight is 768 g/mol. The molecule has 2 N–H and O–H groups in total. The van der Waals surface area contributed by atoms with E-state index in [0.29, 0.717) is 64.6 Å². The quantitative estimate of drug-likeness (QED) is 0.0212. The molecule has 1 aliphatic rings. The second-order valence-corrected chi connectivity index (χ2v) is 15.2. The predicted octanol–water partition coefficient (Wildman–Crippen LogP) is 9.98. The molecule has 1 aromatic heterocycles. The second-order valence-electron chi connectivity index (χ2n) is 14.2. The zero-order valence-corrected chi connectivity index (χ0v) is 32.8. The Balaban J connectivity index is 1.47. The highest BCUT2D eigenvalue weighted by atomic mass is 32.1. The number of fused-ring (bicyclic) bond motifs is 1. The number of carbonyl (C=O) groups is 3. The number of hydrogen-bond acceptors (Lipinski definition) is 10. The van der Waals surface area contributed by atoms with Crippen LogP contribution >= 0.6 is 11.3 Å². The maximum absolute atomic E-state index is 13.7. The minimum absolute atomic E-state index is 0.112. The fourth-order valence-electron chi connectivity index (χ4n) is 6.64. The SMILES string of the molecule is C=CC(=O)OCCCCCCOc1ccc(C(=O)O)c(-c2ccc(OC(=O)C3CCC(C)CC3)c(C(=NNCCCCCC)c3nc4ccccc4s3)c2)c1. The summed E-state index contributed by atoms with van der Waals surface area (Å²) in [6.07, 6.45) is 12.3. The third kappa shape index (κ3) is 12.0. The fraction of sp³-hybridized carbons (Fsp3) is 0.432. The number of carboxylic acid groups (broad SMARTS) is 1. The molecule has 1 saturated carbocycles. The molecule has 3 aromatic carbocycles. The number of thiazole rings is 1. The third-order valence-corrected chi connectivity index (χ3v) is 10.9. The van der Waals surface area contributed by atoms with Gasteiger partial charge in [0.15, 0.2) is 0 Å². The van der Waals surface area contributed by atoms with E-state index in [9.17, 15) is 19.5 Å². The average Bonchev–Trinajstić information content (AvgIpc) is 3.63. The van der Waals surface area contributed by atoms with Gasteiger partial charge in [0.05, 0.1) is 34.9 Å². The lowest BCUT2D eigenvalue weighted by atomic mass is 9.83. The van der Waals surface area contributed by atoms with E-state index < -0.39 is 11.9 Å². The molecule has 4 aromatic rings. The molecule has 11 heteroatoms. The van der Waals surface area contributed by atoms with Crippen molar-refractivity contribution in [3.63, 3.8) is 0 Å². The van der Waals surface area contributed by atoms with Gasteiger partial charge in [-0.1, -0.05) is 57.9 Å². The van der Waals surface area contributed by atoms with Crippen LogP contribution in [0.4, 0.5) is 0 Å². The number of aromatic nitrogens is 1. The molecule has 0 unspecified atom stereocenters. The summed E-state index contributed by atoms with van der Waals surface area (Å²) in [5.74, 6) is -0.475. The zero-order valence-electron chi connectivity index (χ0n) is 32.0. The topological polar surface area (TPSA) is 136 Å². The number of hydrazone groups is 1. The summed E-state index contributed by atoms with van der Waals surface area (Å²) < 4.78 is 18.3. The molecular weight excluding hydrogens is 715 g/mol. The molecule has 0 saturated heterocycles. The fourth-order valence-corrected chi connectivity index (χ4v) is 7.61. The van der Waals surface area contributed by atoms with Crippen molar-refractivity contribution in [2.45, 2.75) is 90.9 Å². The van der Waals surface area contributed by atoms with E-state index >= 15 is 0 Å². The van der Waals surface area contributed by atoms with E-state index in [1.54, 1.807) is 30.3 Å². The number of nitrogens with zero attached hydrogens (tertiary/aromatic N) is 2. The van der Waals surface area contributed by atoms with Gasteiger partial charge in [-0.25, -0.2) is 14.6 Å². The number of ether oxygens (including phenoxy) is 3. The number of carbonyl (C=O) groups excluding carboxylic acids is 2. The van der Waals surface area contributed by atoms with Crippen molar-refractivity contribution in [1.82, 2.24) is 10.4 Å². The molecule has 1 aliphatic carbocycles. The van der Waals surface area contributed by atoms with Crippen molar-refractivity contribution in [3.05, 3.63) is 89.5 Å². The van der Waals surface area contributed by atoms with E-state index in [1.165, 1.54) is 11.3 Å². The Morgan fingerprint density at radius 2 is 1.69 bits per heavy atom. The maximum atomic E-state index is 13.7. The summed E-state index contributed by atoms with van der Waals surface area (Å²) in [6, 6.07) is 18.2. The van der Waals surface area contributed by atoms with Crippen LogP contribution < -0.4 is 14.9 Å². The molecule has 0 atom stereocenters. The van der Waals surface area contributed by atoms with E-state index in [2.05, 4.69) is 25.9 Å². The van der Waals surface area contributed by atoms with Crippen molar-refractivity contribution in [2.24, 2.45) is 16.9 Å². The van der Waals surface area contributed by atoms with Crippen LogP contribution in [-0.4, -0.2) is 53.5 Å². The molecule has 5 rings (SSSR count). The Labute approximate surface area is 328 Å². The number of unbranched alkanes of at least 4 members (excludes halogenated alkanes) is 6. The molecule has 10 nitrogen and oxygen atoms in total. The zero-order chi connectivity index (χ0) is 39.0.